The summed E-state index contributed by atoms with van der Waals surface area (Å²) in [6.07, 6.45) is 0. The maximum Gasteiger partial charge on any atom is 0.264 e. The van der Waals surface area contributed by atoms with Gasteiger partial charge in [0.2, 0.25) is 5.91 Å². The normalized spacial score (nSPS) is 16.4. The molecular formula is C14H19ClN2O2S. The van der Waals surface area contributed by atoms with Crippen LogP contribution in [0.5, 0.6) is 0 Å². The second kappa shape index (κ2) is 5.74. The van der Waals surface area contributed by atoms with Gasteiger partial charge in [-0.3, -0.25) is 9.59 Å². The summed E-state index contributed by atoms with van der Waals surface area (Å²) in [5.41, 5.74) is -0.368. The summed E-state index contributed by atoms with van der Waals surface area (Å²) in [6, 6.07) is 3.49. The van der Waals surface area contributed by atoms with Gasteiger partial charge in [-0.1, -0.05) is 32.4 Å². The van der Waals surface area contributed by atoms with E-state index in [9.17, 15) is 9.59 Å². The molecule has 20 heavy (non-hydrogen) atoms. The Morgan fingerprint density at radius 2 is 1.65 bits per heavy atom. The van der Waals surface area contributed by atoms with Gasteiger partial charge in [-0.2, -0.15) is 0 Å². The highest BCUT2D eigenvalue weighted by Gasteiger charge is 2.31. The van der Waals surface area contributed by atoms with Crippen molar-refractivity contribution in [2.75, 3.05) is 26.2 Å². The van der Waals surface area contributed by atoms with E-state index < -0.39 is 0 Å². The predicted octanol–water partition coefficient (Wildman–Crippen LogP) is 2.73. The summed E-state index contributed by atoms with van der Waals surface area (Å²) in [5, 5.41) is 0. The molecule has 4 nitrogen and oxygen atoms in total. The summed E-state index contributed by atoms with van der Waals surface area (Å²) >= 11 is 7.15. The molecule has 1 aromatic heterocycles. The molecule has 0 aliphatic carbocycles. The third-order valence-electron chi connectivity index (χ3n) is 3.28. The molecule has 0 radical (unpaired) electrons. The van der Waals surface area contributed by atoms with E-state index in [4.69, 9.17) is 11.6 Å². The molecule has 110 valence electrons. The molecule has 1 fully saturated rings. The Balaban J connectivity index is 1.95. The number of carbonyl (C=O) groups excluding carboxylic acids is 2. The molecule has 2 amide bonds. The van der Waals surface area contributed by atoms with Gasteiger partial charge in [-0.15, -0.1) is 11.3 Å². The van der Waals surface area contributed by atoms with Crippen LogP contribution in [0.2, 0.25) is 4.34 Å². The molecule has 0 atom stereocenters. The third kappa shape index (κ3) is 3.33. The van der Waals surface area contributed by atoms with E-state index in [1.54, 1.807) is 17.0 Å². The Bertz CT molecular complexity index is 513. The number of hydrogen-bond donors (Lipinski definition) is 0. The molecule has 0 N–H and O–H groups in total. The molecule has 1 saturated heterocycles. The van der Waals surface area contributed by atoms with Crippen LogP contribution < -0.4 is 0 Å². The number of hydrogen-bond acceptors (Lipinski definition) is 3. The smallest absolute Gasteiger partial charge is 0.264 e. The molecule has 0 saturated carbocycles. The van der Waals surface area contributed by atoms with Crippen molar-refractivity contribution in [3.05, 3.63) is 21.3 Å². The topological polar surface area (TPSA) is 40.6 Å². The number of thiophene rings is 1. The quantitative estimate of drug-likeness (QED) is 0.799. The maximum atomic E-state index is 12.3. The van der Waals surface area contributed by atoms with E-state index >= 15 is 0 Å². The lowest BCUT2D eigenvalue weighted by Crippen LogP contribution is -2.52. The van der Waals surface area contributed by atoms with E-state index in [1.807, 2.05) is 25.7 Å². The zero-order chi connectivity index (χ0) is 14.9. The minimum atomic E-state index is -0.368. The number of rotatable bonds is 1. The van der Waals surface area contributed by atoms with Gasteiger partial charge in [0.05, 0.1) is 9.21 Å². The number of halogens is 1. The average molecular weight is 315 g/mol. The summed E-state index contributed by atoms with van der Waals surface area (Å²) in [6.45, 7) is 8.11. The summed E-state index contributed by atoms with van der Waals surface area (Å²) in [5.74, 6) is 0.147. The van der Waals surface area contributed by atoms with Crippen molar-refractivity contribution in [2.45, 2.75) is 20.8 Å². The van der Waals surface area contributed by atoms with Gasteiger partial charge in [-0.05, 0) is 12.1 Å². The highest BCUT2D eigenvalue weighted by molar-refractivity contribution is 7.17. The second-order valence-electron chi connectivity index (χ2n) is 5.94. The van der Waals surface area contributed by atoms with Crippen LogP contribution in [-0.2, 0) is 4.79 Å². The van der Waals surface area contributed by atoms with Crippen LogP contribution in [0.4, 0.5) is 0 Å². The van der Waals surface area contributed by atoms with Gasteiger partial charge in [0.25, 0.3) is 5.91 Å². The first-order chi connectivity index (χ1) is 9.29. The van der Waals surface area contributed by atoms with Crippen LogP contribution in [0.1, 0.15) is 30.4 Å². The van der Waals surface area contributed by atoms with E-state index in [1.165, 1.54) is 11.3 Å². The van der Waals surface area contributed by atoms with Crippen LogP contribution in [0.3, 0.4) is 0 Å². The molecular weight excluding hydrogens is 296 g/mol. The largest absolute Gasteiger partial charge is 0.339 e. The number of piperazine rings is 1. The molecule has 1 aromatic rings. The van der Waals surface area contributed by atoms with Gasteiger partial charge >= 0.3 is 0 Å². The first kappa shape index (κ1) is 15.3. The lowest BCUT2D eigenvalue weighted by atomic mass is 9.94. The van der Waals surface area contributed by atoms with Gasteiger partial charge in [-0.25, -0.2) is 0 Å². The van der Waals surface area contributed by atoms with E-state index in [2.05, 4.69) is 0 Å². The fourth-order valence-corrected chi connectivity index (χ4v) is 3.18. The second-order valence-corrected chi connectivity index (χ2v) is 7.65. The van der Waals surface area contributed by atoms with E-state index in [-0.39, 0.29) is 17.2 Å². The Morgan fingerprint density at radius 1 is 1.10 bits per heavy atom. The zero-order valence-corrected chi connectivity index (χ0v) is 13.6. The van der Waals surface area contributed by atoms with Crippen molar-refractivity contribution in [3.8, 4) is 0 Å². The number of nitrogens with zero attached hydrogens (tertiary/aromatic N) is 2. The molecule has 2 rings (SSSR count). The van der Waals surface area contributed by atoms with Gasteiger partial charge < -0.3 is 9.80 Å². The first-order valence-corrected chi connectivity index (χ1v) is 7.82. The molecule has 6 heteroatoms. The lowest BCUT2D eigenvalue weighted by Gasteiger charge is -2.37. The maximum absolute atomic E-state index is 12.3. The molecule has 0 unspecified atom stereocenters. The fourth-order valence-electron chi connectivity index (χ4n) is 2.17. The molecule has 0 aromatic carbocycles. The zero-order valence-electron chi connectivity index (χ0n) is 12.0. The van der Waals surface area contributed by atoms with Gasteiger partial charge in [0, 0.05) is 31.6 Å². The molecule has 1 aliphatic rings. The minimum Gasteiger partial charge on any atom is -0.339 e. The van der Waals surface area contributed by atoms with E-state index in [0.29, 0.717) is 35.4 Å². The molecule has 1 aliphatic heterocycles. The third-order valence-corrected chi connectivity index (χ3v) is 4.50. The Labute approximate surface area is 128 Å². The van der Waals surface area contributed by atoms with Crippen LogP contribution in [0.15, 0.2) is 12.1 Å². The van der Waals surface area contributed by atoms with Crippen molar-refractivity contribution < 1.29 is 9.59 Å². The Kier molecular flexibility index (Phi) is 4.39. The monoisotopic (exact) mass is 314 g/mol. The standard InChI is InChI=1S/C14H19ClN2O2S/c1-14(2,3)13(19)17-8-6-16(7-9-17)12(18)10-4-5-11(15)20-10/h4-5H,6-9H2,1-3H3. The summed E-state index contributed by atoms with van der Waals surface area (Å²) < 4.78 is 0.620. The SMILES string of the molecule is CC(C)(C)C(=O)N1CCN(C(=O)c2ccc(Cl)s2)CC1. The fraction of sp³-hybridized carbons (Fsp3) is 0.571. The van der Waals surface area contributed by atoms with Crippen molar-refractivity contribution >= 4 is 34.8 Å². The lowest BCUT2D eigenvalue weighted by molar-refractivity contribution is -0.140. The van der Waals surface area contributed by atoms with Crippen LogP contribution in [0.25, 0.3) is 0 Å². The van der Waals surface area contributed by atoms with Crippen LogP contribution in [-0.4, -0.2) is 47.8 Å². The summed E-state index contributed by atoms with van der Waals surface area (Å²) in [7, 11) is 0. The number of amides is 2. The molecule has 0 spiro atoms. The first-order valence-electron chi connectivity index (χ1n) is 6.63. The highest BCUT2D eigenvalue weighted by atomic mass is 35.5. The molecule has 2 heterocycles. The minimum absolute atomic E-state index is 0.00441. The van der Waals surface area contributed by atoms with Crippen molar-refractivity contribution in [1.82, 2.24) is 9.80 Å². The number of carbonyl (C=O) groups is 2. The van der Waals surface area contributed by atoms with Gasteiger partial charge in [0.1, 0.15) is 0 Å². The summed E-state index contributed by atoms with van der Waals surface area (Å²) in [4.78, 5) is 28.7. The Hall–Kier alpha value is -1.07. The van der Waals surface area contributed by atoms with Gasteiger partial charge in [0.15, 0.2) is 0 Å². The van der Waals surface area contributed by atoms with Crippen molar-refractivity contribution in [2.24, 2.45) is 5.41 Å². The van der Waals surface area contributed by atoms with Crippen LogP contribution >= 0.6 is 22.9 Å². The Morgan fingerprint density at radius 3 is 2.10 bits per heavy atom. The van der Waals surface area contributed by atoms with Crippen LogP contribution in [0, 0.1) is 5.41 Å². The molecule has 0 bridgehead atoms. The predicted molar refractivity (Wildman–Crippen MR) is 81.3 cm³/mol. The van der Waals surface area contributed by atoms with E-state index in [0.717, 1.165) is 0 Å². The van der Waals surface area contributed by atoms with Crippen molar-refractivity contribution in [3.63, 3.8) is 0 Å². The highest BCUT2D eigenvalue weighted by Crippen LogP contribution is 2.24. The van der Waals surface area contributed by atoms with Crippen molar-refractivity contribution in [1.29, 1.82) is 0 Å². The average Bonchev–Trinajstić information content (AvgIpc) is 2.83.